The molecule has 0 fully saturated rings. The molecule has 0 spiro atoms. The van der Waals surface area contributed by atoms with Crippen LogP contribution in [-0.2, 0) is 0 Å². The number of nitrogens with zero attached hydrogens (tertiary/aromatic N) is 1. The van der Waals surface area contributed by atoms with E-state index in [1.807, 2.05) is 0 Å². The average Bonchev–Trinajstić information content (AvgIpc) is 2.06. The Kier molecular flexibility index (Phi) is 3.10. The predicted octanol–water partition coefficient (Wildman–Crippen LogP) is 2.56. The van der Waals surface area contributed by atoms with Crippen molar-refractivity contribution in [2.45, 2.75) is 6.36 Å². The number of alkyl halides is 3. The summed E-state index contributed by atoms with van der Waals surface area (Å²) in [6, 6.07) is 0.942. The first-order chi connectivity index (χ1) is 6.42. The molecule has 1 rings (SSSR count). The third kappa shape index (κ3) is 2.99. The number of hydrogen-bond donors (Lipinski definition) is 0. The van der Waals surface area contributed by atoms with E-state index in [4.69, 9.17) is 0 Å². The van der Waals surface area contributed by atoms with Gasteiger partial charge in [-0.25, -0.2) is 4.98 Å². The van der Waals surface area contributed by atoms with Crippen molar-refractivity contribution in [3.63, 3.8) is 0 Å². The van der Waals surface area contributed by atoms with Crippen LogP contribution in [0.1, 0.15) is 10.4 Å². The summed E-state index contributed by atoms with van der Waals surface area (Å²) >= 11 is 2.76. The van der Waals surface area contributed by atoms with Gasteiger partial charge in [0, 0.05) is 11.8 Å². The summed E-state index contributed by atoms with van der Waals surface area (Å²) < 4.78 is 38.9. The molecule has 7 heteroatoms. The van der Waals surface area contributed by atoms with Crippen LogP contribution >= 0.6 is 15.9 Å². The Balaban J connectivity index is 3.01. The molecule has 0 aromatic carbocycles. The first-order valence-corrected chi connectivity index (χ1v) is 4.08. The summed E-state index contributed by atoms with van der Waals surface area (Å²) in [7, 11) is 0. The molecule has 1 heterocycles. The van der Waals surface area contributed by atoms with Gasteiger partial charge in [-0.05, 0) is 22.0 Å². The summed E-state index contributed by atoms with van der Waals surface area (Å²) in [5, 5.41) is 0. The van der Waals surface area contributed by atoms with Gasteiger partial charge in [0.05, 0.1) is 0 Å². The third-order valence-corrected chi connectivity index (χ3v) is 1.79. The van der Waals surface area contributed by atoms with E-state index in [0.29, 0.717) is 6.29 Å². The zero-order valence-corrected chi connectivity index (χ0v) is 8.09. The summed E-state index contributed by atoms with van der Waals surface area (Å²) in [6.45, 7) is 0. The minimum atomic E-state index is -4.80. The smallest absolute Gasteiger partial charge is 0.403 e. The highest BCUT2D eigenvalue weighted by molar-refractivity contribution is 9.10. The van der Waals surface area contributed by atoms with Gasteiger partial charge in [-0.2, -0.15) is 0 Å². The van der Waals surface area contributed by atoms with Gasteiger partial charge in [0.1, 0.15) is 4.60 Å². The van der Waals surface area contributed by atoms with Crippen LogP contribution in [0.5, 0.6) is 5.75 Å². The van der Waals surface area contributed by atoms with Crippen molar-refractivity contribution in [3.05, 3.63) is 22.4 Å². The van der Waals surface area contributed by atoms with Crippen molar-refractivity contribution in [3.8, 4) is 5.75 Å². The summed E-state index contributed by atoms with van der Waals surface area (Å²) in [4.78, 5) is 13.7. The number of carbonyl (C=O) groups excluding carboxylic acids is 1. The lowest BCUT2D eigenvalue weighted by Gasteiger charge is -2.09. The number of aromatic nitrogens is 1. The molecule has 0 amide bonds. The Bertz CT molecular complexity index is 353. The minimum Gasteiger partial charge on any atom is -0.403 e. The Hall–Kier alpha value is -1.11. The summed E-state index contributed by atoms with van der Waals surface area (Å²) in [5.74, 6) is -0.540. The van der Waals surface area contributed by atoms with E-state index in [9.17, 15) is 18.0 Å². The van der Waals surface area contributed by atoms with E-state index >= 15 is 0 Å². The van der Waals surface area contributed by atoms with Crippen LogP contribution in [0.4, 0.5) is 13.2 Å². The van der Waals surface area contributed by atoms with Gasteiger partial charge in [0.25, 0.3) is 0 Å². The highest BCUT2D eigenvalue weighted by Gasteiger charge is 2.32. The van der Waals surface area contributed by atoms with E-state index in [1.54, 1.807) is 0 Å². The molecule has 0 aliphatic rings. The van der Waals surface area contributed by atoms with Gasteiger partial charge in [0.15, 0.2) is 12.0 Å². The fourth-order valence-electron chi connectivity index (χ4n) is 0.704. The van der Waals surface area contributed by atoms with Gasteiger partial charge in [-0.1, -0.05) is 0 Å². The number of rotatable bonds is 2. The monoisotopic (exact) mass is 269 g/mol. The molecule has 0 unspecified atom stereocenters. The topological polar surface area (TPSA) is 39.2 Å². The number of carbonyl (C=O) groups is 1. The lowest BCUT2D eigenvalue weighted by molar-refractivity contribution is -0.275. The van der Waals surface area contributed by atoms with Crippen LogP contribution in [0.2, 0.25) is 0 Å². The molecule has 0 bridgehead atoms. The first kappa shape index (κ1) is 11.0. The molecule has 1 aromatic heterocycles. The van der Waals surface area contributed by atoms with Crippen LogP contribution in [0.15, 0.2) is 16.9 Å². The van der Waals surface area contributed by atoms with E-state index in [-0.39, 0.29) is 10.2 Å². The zero-order valence-electron chi connectivity index (χ0n) is 6.51. The second-order valence-electron chi connectivity index (χ2n) is 2.22. The van der Waals surface area contributed by atoms with Crippen molar-refractivity contribution >= 4 is 22.2 Å². The molecular weight excluding hydrogens is 267 g/mol. The Labute approximate surface area is 85.0 Å². The van der Waals surface area contributed by atoms with Gasteiger partial charge < -0.3 is 4.74 Å². The zero-order chi connectivity index (χ0) is 10.8. The predicted molar refractivity (Wildman–Crippen MR) is 44.0 cm³/mol. The molecular formula is C7H3BrF3NO2. The number of hydrogen-bond acceptors (Lipinski definition) is 3. The molecule has 3 nitrogen and oxygen atoms in total. The fourth-order valence-corrected chi connectivity index (χ4v) is 1.00. The van der Waals surface area contributed by atoms with Crippen LogP contribution in [0, 0.1) is 0 Å². The molecule has 0 aliphatic heterocycles. The number of pyridine rings is 1. The largest absolute Gasteiger partial charge is 0.573 e. The molecule has 0 aliphatic carbocycles. The van der Waals surface area contributed by atoms with Crippen molar-refractivity contribution < 1.29 is 22.7 Å². The number of aldehydes is 1. The average molecular weight is 270 g/mol. The van der Waals surface area contributed by atoms with Gasteiger partial charge in [-0.15, -0.1) is 13.2 Å². The van der Waals surface area contributed by atoms with E-state index in [2.05, 4.69) is 25.7 Å². The molecule has 0 N–H and O–H groups in total. The maximum Gasteiger partial charge on any atom is 0.573 e. The van der Waals surface area contributed by atoms with Gasteiger partial charge in [0.2, 0.25) is 0 Å². The Morgan fingerprint density at radius 3 is 2.64 bits per heavy atom. The SMILES string of the molecule is O=Cc1cnc(Br)c(OC(F)(F)F)c1. The molecule has 0 saturated heterocycles. The van der Waals surface area contributed by atoms with E-state index in [0.717, 1.165) is 12.3 Å². The Morgan fingerprint density at radius 2 is 2.14 bits per heavy atom. The van der Waals surface area contributed by atoms with Crippen LogP contribution < -0.4 is 4.74 Å². The lowest BCUT2D eigenvalue weighted by Crippen LogP contribution is -2.17. The second kappa shape index (κ2) is 3.95. The molecule has 14 heavy (non-hydrogen) atoms. The summed E-state index contributed by atoms with van der Waals surface area (Å²) in [5.41, 5.74) is 0.00690. The van der Waals surface area contributed by atoms with Crippen LogP contribution in [0.3, 0.4) is 0 Å². The van der Waals surface area contributed by atoms with Crippen LogP contribution in [0.25, 0.3) is 0 Å². The normalized spacial score (nSPS) is 11.1. The highest BCUT2D eigenvalue weighted by Crippen LogP contribution is 2.28. The standard InChI is InChI=1S/C7H3BrF3NO2/c8-6-5(14-7(9,10)11)1-4(3-13)2-12-6/h1-3H. The quantitative estimate of drug-likeness (QED) is 0.612. The summed E-state index contributed by atoms with van der Waals surface area (Å²) in [6.07, 6.45) is -3.30. The molecule has 1 aromatic rings. The van der Waals surface area contributed by atoms with E-state index in [1.165, 1.54) is 0 Å². The highest BCUT2D eigenvalue weighted by atomic mass is 79.9. The minimum absolute atomic E-state index is 0.00690. The number of ether oxygens (including phenoxy) is 1. The third-order valence-electron chi connectivity index (χ3n) is 1.19. The van der Waals surface area contributed by atoms with Gasteiger partial charge in [-0.3, -0.25) is 4.79 Å². The van der Waals surface area contributed by atoms with E-state index < -0.39 is 12.1 Å². The molecule has 0 radical (unpaired) electrons. The van der Waals surface area contributed by atoms with Crippen LogP contribution in [-0.4, -0.2) is 17.6 Å². The first-order valence-electron chi connectivity index (χ1n) is 3.29. The molecule has 76 valence electrons. The molecule has 0 atom stereocenters. The molecule has 0 saturated carbocycles. The van der Waals surface area contributed by atoms with Crippen molar-refractivity contribution in [1.82, 2.24) is 4.98 Å². The second-order valence-corrected chi connectivity index (χ2v) is 2.97. The van der Waals surface area contributed by atoms with Crippen molar-refractivity contribution in [2.75, 3.05) is 0 Å². The maximum atomic E-state index is 11.8. The van der Waals surface area contributed by atoms with Gasteiger partial charge >= 0.3 is 6.36 Å². The number of halogens is 4. The lowest BCUT2D eigenvalue weighted by atomic mass is 10.3. The van der Waals surface area contributed by atoms with Crippen molar-refractivity contribution in [2.24, 2.45) is 0 Å². The van der Waals surface area contributed by atoms with Crippen molar-refractivity contribution in [1.29, 1.82) is 0 Å². The fraction of sp³-hybridized carbons (Fsp3) is 0.143. The maximum absolute atomic E-state index is 11.8. The Morgan fingerprint density at radius 1 is 1.50 bits per heavy atom.